The number of para-hydroxylation sites is 1. The van der Waals surface area contributed by atoms with Gasteiger partial charge in [-0.15, -0.1) is 0 Å². The number of rotatable bonds is 2. The molecule has 1 aromatic heterocycles. The van der Waals surface area contributed by atoms with Gasteiger partial charge in [0.15, 0.2) is 0 Å². The normalized spacial score (nSPS) is 11.2. The minimum Gasteiger partial charge on any atom is -0.255 e. The van der Waals surface area contributed by atoms with Crippen molar-refractivity contribution in [2.24, 2.45) is 0 Å². The van der Waals surface area contributed by atoms with Gasteiger partial charge in [0, 0.05) is 16.5 Å². The van der Waals surface area contributed by atoms with Crippen LogP contribution in [0.4, 0.5) is 0 Å². The number of fused-ring (bicyclic) bond motifs is 1. The van der Waals surface area contributed by atoms with Crippen molar-refractivity contribution < 1.29 is 0 Å². The lowest BCUT2D eigenvalue weighted by Gasteiger charge is -2.01. The minimum absolute atomic E-state index is 1.08. The van der Waals surface area contributed by atoms with Crippen molar-refractivity contribution >= 4 is 22.7 Å². The van der Waals surface area contributed by atoms with E-state index in [1.165, 1.54) is 10.3 Å². The molecule has 0 amide bonds. The van der Waals surface area contributed by atoms with Crippen LogP contribution in [0.15, 0.2) is 52.9 Å². The Hall–Kier alpha value is -1.28. The van der Waals surface area contributed by atoms with Crippen molar-refractivity contribution in [2.45, 2.75) is 11.8 Å². The highest BCUT2D eigenvalue weighted by molar-refractivity contribution is 8.02. The maximum atomic E-state index is 4.38. The fraction of sp³-hybridized carbons (Fsp3) is 0.0833. The quantitative estimate of drug-likeness (QED) is 0.684. The van der Waals surface area contributed by atoms with E-state index >= 15 is 0 Å². The van der Waals surface area contributed by atoms with Crippen LogP contribution in [0.1, 0.15) is 6.92 Å². The van der Waals surface area contributed by atoms with Gasteiger partial charge in [0.05, 0.1) is 5.52 Å². The summed E-state index contributed by atoms with van der Waals surface area (Å²) in [5.41, 5.74) is 1.08. The molecule has 0 fully saturated rings. The smallest absolute Gasteiger partial charge is 0.0841 e. The van der Waals surface area contributed by atoms with E-state index in [1.807, 2.05) is 25.3 Å². The first kappa shape index (κ1) is 9.28. The molecule has 1 aromatic carbocycles. The Labute approximate surface area is 87.9 Å². The predicted molar refractivity (Wildman–Crippen MR) is 62.4 cm³/mol. The van der Waals surface area contributed by atoms with E-state index < -0.39 is 0 Å². The third-order valence-corrected chi connectivity index (χ3v) is 2.92. The lowest BCUT2D eigenvalue weighted by atomic mass is 10.2. The summed E-state index contributed by atoms with van der Waals surface area (Å²) in [6.07, 6.45) is 3.87. The molecular weight excluding hydrogens is 190 g/mol. The zero-order chi connectivity index (χ0) is 9.80. The molecule has 0 aliphatic carbocycles. The lowest BCUT2D eigenvalue weighted by Crippen LogP contribution is -1.79. The zero-order valence-corrected chi connectivity index (χ0v) is 8.79. The van der Waals surface area contributed by atoms with Crippen molar-refractivity contribution in [3.63, 3.8) is 0 Å². The zero-order valence-electron chi connectivity index (χ0n) is 7.97. The number of hydrogen-bond donors (Lipinski definition) is 0. The molecule has 70 valence electrons. The van der Waals surface area contributed by atoms with Gasteiger partial charge in [0.2, 0.25) is 0 Å². The van der Waals surface area contributed by atoms with E-state index in [-0.39, 0.29) is 0 Å². The molecule has 0 bridgehead atoms. The highest BCUT2D eigenvalue weighted by Crippen LogP contribution is 2.26. The SMILES string of the molecule is C/C=C/Sc1cccc2cccnc12. The molecule has 0 saturated carbocycles. The largest absolute Gasteiger partial charge is 0.255 e. The van der Waals surface area contributed by atoms with Crippen LogP contribution in [0.2, 0.25) is 0 Å². The van der Waals surface area contributed by atoms with Crippen molar-refractivity contribution in [1.29, 1.82) is 0 Å². The summed E-state index contributed by atoms with van der Waals surface area (Å²) in [4.78, 5) is 5.59. The number of aromatic nitrogens is 1. The Balaban J connectivity index is 2.53. The van der Waals surface area contributed by atoms with E-state index in [2.05, 4.69) is 34.7 Å². The molecule has 0 spiro atoms. The van der Waals surface area contributed by atoms with Crippen LogP contribution in [0.5, 0.6) is 0 Å². The second-order valence-corrected chi connectivity index (χ2v) is 3.87. The molecule has 0 aliphatic rings. The molecule has 0 aliphatic heterocycles. The second-order valence-electron chi connectivity index (χ2n) is 2.92. The number of thioether (sulfide) groups is 1. The van der Waals surface area contributed by atoms with Crippen LogP contribution in [0.25, 0.3) is 10.9 Å². The molecule has 0 N–H and O–H groups in total. The van der Waals surface area contributed by atoms with Gasteiger partial charge < -0.3 is 0 Å². The Morgan fingerprint density at radius 2 is 2.07 bits per heavy atom. The van der Waals surface area contributed by atoms with Crippen LogP contribution in [0, 0.1) is 0 Å². The fourth-order valence-corrected chi connectivity index (χ4v) is 2.03. The first-order valence-corrected chi connectivity index (χ1v) is 5.41. The maximum absolute atomic E-state index is 4.38. The Morgan fingerprint density at radius 1 is 1.21 bits per heavy atom. The standard InChI is InChI=1S/C12H11NS/c1-2-9-14-11-7-3-5-10-6-4-8-13-12(10)11/h2-9H,1H3/b9-2+. The molecule has 0 unspecified atom stereocenters. The number of nitrogens with zero attached hydrogens (tertiary/aromatic N) is 1. The van der Waals surface area contributed by atoms with Gasteiger partial charge in [-0.1, -0.05) is 36.0 Å². The average molecular weight is 201 g/mol. The summed E-state index contributed by atoms with van der Waals surface area (Å²) >= 11 is 1.71. The molecule has 0 atom stereocenters. The van der Waals surface area contributed by atoms with Gasteiger partial charge >= 0.3 is 0 Å². The van der Waals surface area contributed by atoms with Crippen molar-refractivity contribution in [3.05, 3.63) is 48.0 Å². The van der Waals surface area contributed by atoms with Crippen LogP contribution in [-0.2, 0) is 0 Å². The predicted octanol–water partition coefficient (Wildman–Crippen LogP) is 3.86. The average Bonchev–Trinajstić information content (AvgIpc) is 2.26. The molecule has 2 rings (SSSR count). The second kappa shape index (κ2) is 4.29. The first-order valence-electron chi connectivity index (χ1n) is 4.53. The van der Waals surface area contributed by atoms with Gasteiger partial charge in [-0.05, 0) is 24.5 Å². The van der Waals surface area contributed by atoms with Crippen molar-refractivity contribution in [2.75, 3.05) is 0 Å². The summed E-state index contributed by atoms with van der Waals surface area (Å²) in [6, 6.07) is 10.3. The highest BCUT2D eigenvalue weighted by Gasteiger charge is 1.99. The molecule has 1 heterocycles. The molecule has 0 saturated heterocycles. The lowest BCUT2D eigenvalue weighted by molar-refractivity contribution is 1.35. The van der Waals surface area contributed by atoms with E-state index in [0.29, 0.717) is 0 Å². The summed E-state index contributed by atoms with van der Waals surface area (Å²) in [6.45, 7) is 2.02. The van der Waals surface area contributed by atoms with Gasteiger partial charge in [0.25, 0.3) is 0 Å². The number of benzene rings is 1. The Kier molecular flexibility index (Phi) is 2.84. The third kappa shape index (κ3) is 1.80. The monoisotopic (exact) mass is 201 g/mol. The number of hydrogen-bond acceptors (Lipinski definition) is 2. The van der Waals surface area contributed by atoms with Crippen LogP contribution >= 0.6 is 11.8 Å². The van der Waals surface area contributed by atoms with Gasteiger partial charge in [-0.2, -0.15) is 0 Å². The highest BCUT2D eigenvalue weighted by atomic mass is 32.2. The Morgan fingerprint density at radius 3 is 2.93 bits per heavy atom. The summed E-state index contributed by atoms with van der Waals surface area (Å²) in [7, 11) is 0. The topological polar surface area (TPSA) is 12.9 Å². The molecule has 2 heteroatoms. The summed E-state index contributed by atoms with van der Waals surface area (Å²) in [5.74, 6) is 0. The van der Waals surface area contributed by atoms with Crippen LogP contribution < -0.4 is 0 Å². The minimum atomic E-state index is 1.08. The van der Waals surface area contributed by atoms with E-state index in [1.54, 1.807) is 11.8 Å². The molecular formula is C12H11NS. The Bertz CT molecular complexity index is 457. The van der Waals surface area contributed by atoms with Crippen molar-refractivity contribution in [3.8, 4) is 0 Å². The van der Waals surface area contributed by atoms with Gasteiger partial charge in [0.1, 0.15) is 0 Å². The molecule has 1 nitrogen and oxygen atoms in total. The van der Waals surface area contributed by atoms with Gasteiger partial charge in [-0.3, -0.25) is 4.98 Å². The number of pyridine rings is 1. The third-order valence-electron chi connectivity index (χ3n) is 1.93. The van der Waals surface area contributed by atoms with E-state index in [9.17, 15) is 0 Å². The van der Waals surface area contributed by atoms with Crippen molar-refractivity contribution in [1.82, 2.24) is 4.98 Å². The maximum Gasteiger partial charge on any atom is 0.0841 e. The molecule has 14 heavy (non-hydrogen) atoms. The van der Waals surface area contributed by atoms with E-state index in [0.717, 1.165) is 5.52 Å². The fourth-order valence-electron chi connectivity index (χ4n) is 1.31. The summed E-state index contributed by atoms with van der Waals surface area (Å²) in [5, 5.41) is 3.27. The van der Waals surface area contributed by atoms with Crippen LogP contribution in [0.3, 0.4) is 0 Å². The molecule has 2 aromatic rings. The van der Waals surface area contributed by atoms with Crippen LogP contribution in [-0.4, -0.2) is 4.98 Å². The number of allylic oxidation sites excluding steroid dienone is 1. The van der Waals surface area contributed by atoms with Gasteiger partial charge in [-0.25, -0.2) is 0 Å². The van der Waals surface area contributed by atoms with E-state index in [4.69, 9.17) is 0 Å². The first-order chi connectivity index (χ1) is 6.92. The molecule has 0 radical (unpaired) electrons. The summed E-state index contributed by atoms with van der Waals surface area (Å²) < 4.78 is 0.